The normalized spacial score (nSPS) is 11.6. The van der Waals surface area contributed by atoms with E-state index in [-0.39, 0.29) is 11.7 Å². The molecule has 0 saturated carbocycles. The number of hydrogen-bond acceptors (Lipinski definition) is 6. The van der Waals surface area contributed by atoms with Gasteiger partial charge in [-0.25, -0.2) is 13.4 Å². The highest BCUT2D eigenvalue weighted by molar-refractivity contribution is 7.91. The first-order valence-electron chi connectivity index (χ1n) is 9.05. The van der Waals surface area contributed by atoms with Crippen LogP contribution in [0.15, 0.2) is 71.6 Å². The Morgan fingerprint density at radius 1 is 0.931 bits per heavy atom. The zero-order valence-corrected chi connectivity index (χ0v) is 17.8. The van der Waals surface area contributed by atoms with Crippen molar-refractivity contribution in [2.45, 2.75) is 11.3 Å². The molecule has 0 saturated heterocycles. The molecule has 2 aromatic carbocycles. The molecule has 1 N–H and O–H groups in total. The SMILES string of the molecule is O=C(NCCCS(=O)(=O)c1ccccc1)c1ccc(-c2nc3ccccc3s2)s1. The summed E-state index contributed by atoms with van der Waals surface area (Å²) >= 11 is 2.99. The van der Waals surface area contributed by atoms with Crippen molar-refractivity contribution in [1.29, 1.82) is 0 Å². The highest BCUT2D eigenvalue weighted by atomic mass is 32.2. The lowest BCUT2D eigenvalue weighted by Crippen LogP contribution is -2.25. The van der Waals surface area contributed by atoms with Crippen molar-refractivity contribution < 1.29 is 13.2 Å². The van der Waals surface area contributed by atoms with E-state index in [1.54, 1.807) is 47.7 Å². The predicted molar refractivity (Wildman–Crippen MR) is 118 cm³/mol. The van der Waals surface area contributed by atoms with Crippen molar-refractivity contribution >= 4 is 48.6 Å². The van der Waals surface area contributed by atoms with Crippen molar-refractivity contribution in [2.24, 2.45) is 0 Å². The molecule has 0 aliphatic rings. The highest BCUT2D eigenvalue weighted by Crippen LogP contribution is 2.34. The van der Waals surface area contributed by atoms with Gasteiger partial charge in [0.25, 0.3) is 5.91 Å². The molecular weight excluding hydrogens is 424 g/mol. The summed E-state index contributed by atoms with van der Waals surface area (Å²) in [4.78, 5) is 18.9. The van der Waals surface area contributed by atoms with Gasteiger partial charge in [0.05, 0.1) is 30.6 Å². The van der Waals surface area contributed by atoms with Gasteiger partial charge in [-0.2, -0.15) is 0 Å². The van der Waals surface area contributed by atoms with Crippen LogP contribution in [0.2, 0.25) is 0 Å². The number of nitrogens with one attached hydrogen (secondary N) is 1. The average molecular weight is 443 g/mol. The Labute approximate surface area is 177 Å². The van der Waals surface area contributed by atoms with Crippen LogP contribution >= 0.6 is 22.7 Å². The highest BCUT2D eigenvalue weighted by Gasteiger charge is 2.15. The summed E-state index contributed by atoms with van der Waals surface area (Å²) in [6.07, 6.45) is 0.360. The second-order valence-electron chi connectivity index (χ2n) is 6.39. The standard InChI is InChI=1S/C21H18N2O3S3/c24-20(22-13-6-14-29(25,26)15-7-2-1-3-8-15)18-11-12-19(27-18)21-23-16-9-4-5-10-17(16)28-21/h1-5,7-12H,6,13-14H2,(H,22,24). The number of amides is 1. The van der Waals surface area contributed by atoms with Crippen LogP contribution in [0.3, 0.4) is 0 Å². The van der Waals surface area contributed by atoms with Gasteiger partial charge in [-0.15, -0.1) is 22.7 Å². The van der Waals surface area contributed by atoms with Crippen LogP contribution in [-0.4, -0.2) is 31.6 Å². The molecule has 0 spiro atoms. The van der Waals surface area contributed by atoms with E-state index in [1.165, 1.54) is 11.3 Å². The first-order valence-corrected chi connectivity index (χ1v) is 12.3. The summed E-state index contributed by atoms with van der Waals surface area (Å²) < 4.78 is 25.6. The summed E-state index contributed by atoms with van der Waals surface area (Å²) in [5.74, 6) is -0.196. The molecule has 4 aromatic rings. The van der Waals surface area contributed by atoms with Crippen LogP contribution < -0.4 is 5.32 Å². The zero-order chi connectivity index (χ0) is 20.3. The van der Waals surface area contributed by atoms with Gasteiger partial charge in [0, 0.05) is 6.54 Å². The molecule has 1 amide bonds. The van der Waals surface area contributed by atoms with Gasteiger partial charge < -0.3 is 5.32 Å². The molecule has 0 fully saturated rings. The molecule has 2 heterocycles. The van der Waals surface area contributed by atoms with Crippen LogP contribution in [0.5, 0.6) is 0 Å². The monoisotopic (exact) mass is 442 g/mol. The molecule has 4 rings (SSSR count). The number of carbonyl (C=O) groups is 1. The number of aromatic nitrogens is 1. The number of benzene rings is 2. The molecule has 0 radical (unpaired) electrons. The summed E-state index contributed by atoms with van der Waals surface area (Å²) in [6, 6.07) is 20.0. The molecule has 5 nitrogen and oxygen atoms in total. The minimum Gasteiger partial charge on any atom is -0.351 e. The van der Waals surface area contributed by atoms with Crippen molar-refractivity contribution in [1.82, 2.24) is 10.3 Å². The maximum absolute atomic E-state index is 12.4. The van der Waals surface area contributed by atoms with Crippen LogP contribution in [0.4, 0.5) is 0 Å². The van der Waals surface area contributed by atoms with Gasteiger partial charge in [-0.05, 0) is 42.8 Å². The van der Waals surface area contributed by atoms with Gasteiger partial charge in [-0.3, -0.25) is 4.79 Å². The Bertz CT molecular complexity index is 1210. The lowest BCUT2D eigenvalue weighted by atomic mass is 10.3. The van der Waals surface area contributed by atoms with E-state index in [2.05, 4.69) is 10.3 Å². The Morgan fingerprint density at radius 2 is 1.69 bits per heavy atom. The fraction of sp³-hybridized carbons (Fsp3) is 0.143. The minimum absolute atomic E-state index is 0.00130. The topological polar surface area (TPSA) is 76.1 Å². The van der Waals surface area contributed by atoms with E-state index >= 15 is 0 Å². The maximum atomic E-state index is 12.4. The summed E-state index contributed by atoms with van der Waals surface area (Å²) in [6.45, 7) is 0.305. The number of hydrogen-bond donors (Lipinski definition) is 1. The number of rotatable bonds is 7. The van der Waals surface area contributed by atoms with E-state index in [0.717, 1.165) is 20.1 Å². The van der Waals surface area contributed by atoms with E-state index in [0.29, 0.717) is 22.7 Å². The first-order chi connectivity index (χ1) is 14.0. The molecule has 0 aliphatic heterocycles. The quantitative estimate of drug-likeness (QED) is 0.424. The van der Waals surface area contributed by atoms with Crippen molar-refractivity contribution in [2.75, 3.05) is 12.3 Å². The smallest absolute Gasteiger partial charge is 0.261 e. The van der Waals surface area contributed by atoms with E-state index in [1.807, 2.05) is 30.3 Å². The summed E-state index contributed by atoms with van der Waals surface area (Å²) in [5, 5.41) is 3.70. The summed E-state index contributed by atoms with van der Waals surface area (Å²) in [5.41, 5.74) is 0.950. The van der Waals surface area contributed by atoms with Crippen LogP contribution in [-0.2, 0) is 9.84 Å². The number of fused-ring (bicyclic) bond motifs is 1. The second-order valence-corrected chi connectivity index (χ2v) is 10.6. The van der Waals surface area contributed by atoms with Crippen molar-refractivity contribution in [3.8, 4) is 9.88 Å². The van der Waals surface area contributed by atoms with Crippen molar-refractivity contribution in [3.63, 3.8) is 0 Å². The largest absolute Gasteiger partial charge is 0.351 e. The first kappa shape index (κ1) is 19.8. The predicted octanol–water partition coefficient (Wildman–Crippen LogP) is 4.62. The number of thiophene rings is 1. The number of sulfone groups is 1. The Morgan fingerprint density at radius 3 is 2.48 bits per heavy atom. The maximum Gasteiger partial charge on any atom is 0.261 e. The molecule has 148 valence electrons. The third-order valence-electron chi connectivity index (χ3n) is 4.31. The van der Waals surface area contributed by atoms with Gasteiger partial charge in [-0.1, -0.05) is 30.3 Å². The molecule has 29 heavy (non-hydrogen) atoms. The molecule has 0 unspecified atom stereocenters. The molecule has 8 heteroatoms. The second kappa shape index (κ2) is 8.44. The Kier molecular flexibility index (Phi) is 5.75. The number of nitrogens with zero attached hydrogens (tertiary/aromatic N) is 1. The molecular formula is C21H18N2O3S3. The van der Waals surface area contributed by atoms with E-state index < -0.39 is 9.84 Å². The van der Waals surface area contributed by atoms with Crippen LogP contribution in [0, 0.1) is 0 Å². The number of para-hydroxylation sites is 1. The molecule has 0 atom stereocenters. The fourth-order valence-corrected chi connectivity index (χ4v) is 6.12. The Hall–Kier alpha value is -2.55. The third-order valence-corrected chi connectivity index (χ3v) is 8.42. The van der Waals surface area contributed by atoms with Gasteiger partial charge in [0.2, 0.25) is 0 Å². The fourth-order valence-electron chi connectivity index (χ4n) is 2.85. The lowest BCUT2D eigenvalue weighted by Gasteiger charge is -2.05. The molecule has 0 bridgehead atoms. The van der Waals surface area contributed by atoms with Gasteiger partial charge in [0.1, 0.15) is 5.01 Å². The van der Waals surface area contributed by atoms with E-state index in [9.17, 15) is 13.2 Å². The third kappa shape index (κ3) is 4.55. The summed E-state index contributed by atoms with van der Waals surface area (Å²) in [7, 11) is -3.32. The number of thiazole rings is 1. The molecule has 0 aliphatic carbocycles. The lowest BCUT2D eigenvalue weighted by molar-refractivity contribution is 0.0957. The Balaban J connectivity index is 1.34. The molecule has 2 aromatic heterocycles. The van der Waals surface area contributed by atoms with Crippen molar-refractivity contribution in [3.05, 3.63) is 71.6 Å². The van der Waals surface area contributed by atoms with Crippen LogP contribution in [0.25, 0.3) is 20.1 Å². The average Bonchev–Trinajstić information content (AvgIpc) is 3.38. The van der Waals surface area contributed by atoms with Gasteiger partial charge in [0.15, 0.2) is 9.84 Å². The number of carbonyl (C=O) groups excluding carboxylic acids is 1. The minimum atomic E-state index is -3.32. The van der Waals surface area contributed by atoms with Gasteiger partial charge >= 0.3 is 0 Å². The van der Waals surface area contributed by atoms with Crippen LogP contribution in [0.1, 0.15) is 16.1 Å². The van der Waals surface area contributed by atoms with E-state index in [4.69, 9.17) is 0 Å². The zero-order valence-electron chi connectivity index (χ0n) is 15.4.